The number of rotatable bonds is 66. The zero-order valence-electron chi connectivity index (χ0n) is 51.2. The van der Waals surface area contributed by atoms with Gasteiger partial charge in [0.2, 0.25) is 0 Å². The van der Waals surface area contributed by atoms with Crippen molar-refractivity contribution in [2.24, 2.45) is 0 Å². The molecule has 0 bridgehead atoms. The summed E-state index contributed by atoms with van der Waals surface area (Å²) in [5.41, 5.74) is 0. The van der Waals surface area contributed by atoms with Gasteiger partial charge in [-0.25, -0.2) is 0 Å². The molecule has 430 valence electrons. The van der Waals surface area contributed by atoms with E-state index in [1.807, 2.05) is 0 Å². The molecule has 0 rings (SSSR count). The van der Waals surface area contributed by atoms with Crippen molar-refractivity contribution < 1.29 is 0 Å². The van der Waals surface area contributed by atoms with Gasteiger partial charge in [0.15, 0.2) is 0 Å². The van der Waals surface area contributed by atoms with E-state index in [1.54, 1.807) is 76.0 Å². The molecule has 0 aromatic rings. The van der Waals surface area contributed by atoms with Crippen LogP contribution in [-0.4, -0.2) is 24.6 Å². The van der Waals surface area contributed by atoms with Crippen molar-refractivity contribution in [3.8, 4) is 0 Å². The van der Waals surface area contributed by atoms with Gasteiger partial charge in [0, 0.05) is 0 Å². The van der Waals surface area contributed by atoms with E-state index in [0.29, 0.717) is 0 Å². The van der Waals surface area contributed by atoms with E-state index in [-0.39, 0.29) is 0 Å². The molecule has 0 radical (unpaired) electrons. The zero-order valence-corrected chi connectivity index (χ0v) is 52.2. The van der Waals surface area contributed by atoms with Gasteiger partial charge in [-0.2, -0.15) is 0 Å². The first-order valence-electron chi connectivity index (χ1n) is 35.2. The molecule has 0 atom stereocenters. The summed E-state index contributed by atoms with van der Waals surface area (Å²) in [6.45, 7) is 9.35. The first kappa shape index (κ1) is 71.4. The Labute approximate surface area is 455 Å². The average molecular weight is 1020 g/mol. The molecule has 1 heteroatoms. The second kappa shape index (κ2) is 64.7. The second-order valence-corrected chi connectivity index (χ2v) is 30.0. The van der Waals surface area contributed by atoms with E-state index >= 15 is 0 Å². The van der Waals surface area contributed by atoms with Crippen LogP contribution in [0.5, 0.6) is 0 Å². The summed E-state index contributed by atoms with van der Waals surface area (Å²) in [4.78, 5) is 0. The Bertz CT molecular complexity index is 801. The van der Waals surface area contributed by atoms with Crippen molar-refractivity contribution in [3.63, 3.8) is 0 Å². The molecule has 0 spiro atoms. The van der Waals surface area contributed by atoms with Crippen molar-refractivity contribution in [1.29, 1.82) is 0 Å². The maximum absolute atomic E-state index is 2.35. The van der Waals surface area contributed by atoms with Crippen LogP contribution in [0.4, 0.5) is 0 Å². The van der Waals surface area contributed by atoms with Crippen LogP contribution >= 0.6 is 7.26 Å². The standard InChI is InChI=1S/C70H145P/c1-5-9-13-17-21-25-29-32-35-38-41-44-48-52-56-60-64-68-71(67-63-59-55-51-47-28-24-20-16-12-8-4,69-65-61-57-53-49-45-42-39-36-33-30-26-22-18-14-10-6-2)70-66-62-58-54-50-46-43-40-37-34-31-27-23-19-15-11-7-3/h71H,5-70H2,1-4H3. The molecule has 0 saturated carbocycles. The minimum absolute atomic E-state index is 1.22. The fourth-order valence-corrected chi connectivity index (χ4v) is 18.1. The molecule has 0 fully saturated rings. The van der Waals surface area contributed by atoms with Crippen molar-refractivity contribution >= 4 is 7.26 Å². The predicted octanol–water partition coefficient (Wildman–Crippen LogP) is 27.0. The topological polar surface area (TPSA) is 0 Å². The molecule has 0 nitrogen and oxygen atoms in total. The summed E-state index contributed by atoms with van der Waals surface area (Å²) >= 11 is 0. The molecule has 0 aliphatic carbocycles. The Balaban J connectivity index is 4.89. The Morgan fingerprint density at radius 3 is 0.296 bits per heavy atom. The zero-order chi connectivity index (χ0) is 51.2. The summed E-state index contributed by atoms with van der Waals surface area (Å²) in [5, 5.41) is 0. The molecule has 0 aromatic heterocycles. The van der Waals surface area contributed by atoms with Crippen molar-refractivity contribution in [3.05, 3.63) is 0 Å². The van der Waals surface area contributed by atoms with Crippen molar-refractivity contribution in [2.45, 2.75) is 426 Å². The van der Waals surface area contributed by atoms with Crippen molar-refractivity contribution in [1.82, 2.24) is 0 Å². The molecule has 0 N–H and O–H groups in total. The summed E-state index contributed by atoms with van der Waals surface area (Å²) in [6.07, 6.45) is 99.6. The molecule has 71 heavy (non-hydrogen) atoms. The minimum Gasteiger partial charge on any atom is -0.0654 e. The van der Waals surface area contributed by atoms with E-state index in [4.69, 9.17) is 0 Å². The Morgan fingerprint density at radius 2 is 0.197 bits per heavy atom. The van der Waals surface area contributed by atoms with Gasteiger partial charge < -0.3 is 0 Å². The predicted molar refractivity (Wildman–Crippen MR) is 337 cm³/mol. The molecule has 0 unspecified atom stereocenters. The molecule has 0 aliphatic heterocycles. The number of hydrogen-bond acceptors (Lipinski definition) is 0. The molecular weight excluding hydrogens is 872 g/mol. The molecular formula is C70H145P. The Morgan fingerprint density at radius 1 is 0.113 bits per heavy atom. The van der Waals surface area contributed by atoms with Gasteiger partial charge in [-0.05, 0) is 0 Å². The van der Waals surface area contributed by atoms with Gasteiger partial charge in [0.1, 0.15) is 0 Å². The maximum atomic E-state index is 2.35. The summed E-state index contributed by atoms with van der Waals surface area (Å²) in [7, 11) is -1.22. The molecule has 0 saturated heterocycles. The van der Waals surface area contributed by atoms with Gasteiger partial charge in [-0.3, -0.25) is 0 Å². The van der Waals surface area contributed by atoms with Crippen molar-refractivity contribution in [2.75, 3.05) is 24.6 Å². The summed E-state index contributed by atoms with van der Waals surface area (Å²) in [5.74, 6) is 0. The number of hydrogen-bond donors (Lipinski definition) is 0. The van der Waals surface area contributed by atoms with Gasteiger partial charge in [0.25, 0.3) is 0 Å². The summed E-state index contributed by atoms with van der Waals surface area (Å²) in [6, 6.07) is 0. The van der Waals surface area contributed by atoms with Crippen LogP contribution in [0.15, 0.2) is 0 Å². The van der Waals surface area contributed by atoms with Crippen LogP contribution in [0.2, 0.25) is 0 Å². The fourth-order valence-electron chi connectivity index (χ4n) is 12.6. The Kier molecular flexibility index (Phi) is 65.1. The van der Waals surface area contributed by atoms with Gasteiger partial charge in [0.05, 0.1) is 0 Å². The van der Waals surface area contributed by atoms with E-state index < -0.39 is 7.26 Å². The minimum atomic E-state index is -1.22. The van der Waals surface area contributed by atoms with Crippen LogP contribution in [0.25, 0.3) is 0 Å². The van der Waals surface area contributed by atoms with Crippen LogP contribution < -0.4 is 0 Å². The fraction of sp³-hybridized carbons (Fsp3) is 1.00. The van der Waals surface area contributed by atoms with Crippen LogP contribution in [0.3, 0.4) is 0 Å². The molecule has 0 aliphatic rings. The van der Waals surface area contributed by atoms with E-state index in [9.17, 15) is 0 Å². The van der Waals surface area contributed by atoms with E-state index in [0.717, 1.165) is 0 Å². The Hall–Kier alpha value is 0.430. The number of unbranched alkanes of at least 4 members (excludes halogenated alkanes) is 58. The first-order valence-corrected chi connectivity index (χ1v) is 38.1. The van der Waals surface area contributed by atoms with E-state index in [2.05, 4.69) is 27.7 Å². The molecule has 0 heterocycles. The molecule has 0 amide bonds. The third kappa shape index (κ3) is 59.5. The van der Waals surface area contributed by atoms with Gasteiger partial charge in [-0.1, -0.05) is 143 Å². The quantitative estimate of drug-likeness (QED) is 0.0421. The van der Waals surface area contributed by atoms with Crippen LogP contribution in [0, 0.1) is 0 Å². The third-order valence-corrected chi connectivity index (χ3v) is 23.4. The van der Waals surface area contributed by atoms with Gasteiger partial charge in [-0.15, -0.1) is 0 Å². The molecule has 0 aromatic carbocycles. The van der Waals surface area contributed by atoms with Gasteiger partial charge >= 0.3 is 314 Å². The van der Waals surface area contributed by atoms with Crippen LogP contribution in [0.1, 0.15) is 426 Å². The normalized spacial score (nSPS) is 12.2. The monoisotopic (exact) mass is 1020 g/mol. The summed E-state index contributed by atoms with van der Waals surface area (Å²) < 4.78 is 0. The van der Waals surface area contributed by atoms with E-state index in [1.165, 1.54) is 347 Å². The van der Waals surface area contributed by atoms with Crippen LogP contribution in [-0.2, 0) is 0 Å². The average Bonchev–Trinajstić information content (AvgIpc) is 3.38. The second-order valence-electron chi connectivity index (χ2n) is 25.0. The smallest absolute Gasteiger partial charge is 0.0654 e. The SMILES string of the molecule is CCCCCCCCCCCCCCCCCCC[PH](CCCCCCCCCCCCC)(CCCCCCCCCCCCCCCCCCC)CCCCCCCCCCCCCCCCCCC. The first-order chi connectivity index (χ1) is 35.2. The third-order valence-electron chi connectivity index (χ3n) is 17.7.